The van der Waals surface area contributed by atoms with Gasteiger partial charge in [-0.15, -0.1) is 21.5 Å². The highest BCUT2D eigenvalue weighted by atomic mass is 32.2. The van der Waals surface area contributed by atoms with E-state index in [9.17, 15) is 4.79 Å². The van der Waals surface area contributed by atoms with E-state index in [1.165, 1.54) is 11.8 Å². The van der Waals surface area contributed by atoms with Gasteiger partial charge in [0.1, 0.15) is 0 Å². The molecule has 150 valence electrons. The predicted octanol–water partition coefficient (Wildman–Crippen LogP) is 3.89. The van der Waals surface area contributed by atoms with Crippen LogP contribution in [0.3, 0.4) is 0 Å². The lowest BCUT2D eigenvalue weighted by Gasteiger charge is -2.14. The summed E-state index contributed by atoms with van der Waals surface area (Å²) in [5, 5.41) is 11.5. The zero-order valence-corrected chi connectivity index (χ0v) is 17.2. The summed E-state index contributed by atoms with van der Waals surface area (Å²) < 4.78 is 18.6. The van der Waals surface area contributed by atoms with Gasteiger partial charge < -0.3 is 14.2 Å². The number of nitrogens with zero attached hydrogens (tertiary/aromatic N) is 3. The minimum absolute atomic E-state index is 0.0117. The number of Topliss-reactive ketones (excluding diaryl/α,β-unsaturated/α-hetero) is 1. The first kappa shape index (κ1) is 18.7. The molecule has 1 atom stereocenters. The van der Waals surface area contributed by atoms with Crippen LogP contribution in [0.25, 0.3) is 10.7 Å². The van der Waals surface area contributed by atoms with E-state index in [4.69, 9.17) is 14.2 Å². The third kappa shape index (κ3) is 3.90. The van der Waals surface area contributed by atoms with Crippen LogP contribution < -0.4 is 9.47 Å². The van der Waals surface area contributed by atoms with E-state index < -0.39 is 0 Å². The molecule has 1 aromatic carbocycles. The van der Waals surface area contributed by atoms with Crippen molar-refractivity contribution in [3.05, 3.63) is 41.3 Å². The Balaban J connectivity index is 1.34. The highest BCUT2D eigenvalue weighted by molar-refractivity contribution is 7.99. The van der Waals surface area contributed by atoms with Crippen molar-refractivity contribution in [1.29, 1.82) is 0 Å². The zero-order chi connectivity index (χ0) is 19.6. The van der Waals surface area contributed by atoms with Gasteiger partial charge in [-0.05, 0) is 42.5 Å². The smallest absolute Gasteiger partial charge is 0.231 e. The number of aromatic nitrogens is 3. The monoisotopic (exact) mass is 429 g/mol. The van der Waals surface area contributed by atoms with Crippen molar-refractivity contribution in [2.75, 3.05) is 19.2 Å². The number of thiophene rings is 1. The van der Waals surface area contributed by atoms with Gasteiger partial charge in [0.05, 0.1) is 23.3 Å². The molecule has 1 fully saturated rings. The molecule has 5 rings (SSSR count). The second-order valence-corrected chi connectivity index (χ2v) is 8.70. The molecule has 0 unspecified atom stereocenters. The van der Waals surface area contributed by atoms with Gasteiger partial charge in [-0.1, -0.05) is 17.8 Å². The van der Waals surface area contributed by atoms with E-state index in [0.717, 1.165) is 35.3 Å². The Kier molecular flexibility index (Phi) is 5.26. The van der Waals surface area contributed by atoms with Crippen LogP contribution in [0.1, 0.15) is 23.2 Å². The summed E-state index contributed by atoms with van der Waals surface area (Å²) in [6.07, 6.45) is 2.27. The molecule has 3 aromatic rings. The van der Waals surface area contributed by atoms with Crippen LogP contribution in [0, 0.1) is 0 Å². The molecule has 9 heteroatoms. The Morgan fingerprint density at radius 3 is 3.00 bits per heavy atom. The molecular formula is C20H19N3O4S2. The summed E-state index contributed by atoms with van der Waals surface area (Å²) in [5.74, 6) is 2.40. The number of ether oxygens (including phenoxy) is 3. The van der Waals surface area contributed by atoms with Crippen LogP contribution in [-0.4, -0.2) is 45.8 Å². The number of rotatable bonds is 7. The van der Waals surface area contributed by atoms with Gasteiger partial charge >= 0.3 is 0 Å². The maximum Gasteiger partial charge on any atom is 0.231 e. The van der Waals surface area contributed by atoms with Crippen molar-refractivity contribution in [3.63, 3.8) is 0 Å². The van der Waals surface area contributed by atoms with Gasteiger partial charge in [0.2, 0.25) is 6.79 Å². The molecule has 0 spiro atoms. The summed E-state index contributed by atoms with van der Waals surface area (Å²) >= 11 is 3.03. The first-order chi connectivity index (χ1) is 14.3. The van der Waals surface area contributed by atoms with Crippen molar-refractivity contribution in [3.8, 4) is 22.2 Å². The number of ketones is 1. The van der Waals surface area contributed by atoms with E-state index >= 15 is 0 Å². The Bertz CT molecular complexity index is 1010. The van der Waals surface area contributed by atoms with Crippen LogP contribution >= 0.6 is 23.1 Å². The summed E-state index contributed by atoms with van der Waals surface area (Å²) in [6, 6.07) is 9.31. The van der Waals surface area contributed by atoms with Crippen molar-refractivity contribution >= 4 is 28.9 Å². The first-order valence-electron chi connectivity index (χ1n) is 9.42. The summed E-state index contributed by atoms with van der Waals surface area (Å²) in [7, 11) is 0. The molecule has 2 aromatic heterocycles. The molecule has 2 aliphatic rings. The molecule has 1 saturated heterocycles. The largest absolute Gasteiger partial charge is 0.454 e. The molecule has 7 nitrogen and oxygen atoms in total. The van der Waals surface area contributed by atoms with E-state index in [1.54, 1.807) is 29.5 Å². The number of thioether (sulfide) groups is 1. The molecule has 0 radical (unpaired) electrons. The molecule has 0 saturated carbocycles. The Labute approximate surface area is 176 Å². The van der Waals surface area contributed by atoms with E-state index in [2.05, 4.69) is 14.8 Å². The van der Waals surface area contributed by atoms with E-state index in [-0.39, 0.29) is 24.4 Å². The van der Waals surface area contributed by atoms with Gasteiger partial charge in [0.15, 0.2) is 28.3 Å². The predicted molar refractivity (Wildman–Crippen MR) is 110 cm³/mol. The lowest BCUT2D eigenvalue weighted by molar-refractivity contribution is 0.0953. The third-order valence-electron chi connectivity index (χ3n) is 4.90. The highest BCUT2D eigenvalue weighted by Gasteiger charge is 2.23. The molecular weight excluding hydrogens is 410 g/mol. The van der Waals surface area contributed by atoms with Gasteiger partial charge in [0, 0.05) is 12.2 Å². The Morgan fingerprint density at radius 2 is 2.17 bits per heavy atom. The average molecular weight is 430 g/mol. The second kappa shape index (κ2) is 8.17. The Morgan fingerprint density at radius 1 is 1.24 bits per heavy atom. The lowest BCUT2D eigenvalue weighted by Crippen LogP contribution is -2.17. The third-order valence-corrected chi connectivity index (χ3v) is 6.73. The first-order valence-corrected chi connectivity index (χ1v) is 11.3. The fraction of sp³-hybridized carbons (Fsp3) is 0.350. The molecule has 0 aliphatic carbocycles. The van der Waals surface area contributed by atoms with E-state index in [1.807, 2.05) is 17.5 Å². The average Bonchev–Trinajstić information content (AvgIpc) is 3.53. The standard InChI is InChI=1S/C20H19N3O4S2/c24-15(13-5-6-16-17(9-13)27-12-26-16)11-29-20-22-21-19(18-4-2-8-28-18)23(20)10-14-3-1-7-25-14/h2,4-6,8-9,14H,1,3,7,10-12H2/t14-/m1/s1. The highest BCUT2D eigenvalue weighted by Crippen LogP contribution is 2.33. The lowest BCUT2D eigenvalue weighted by atomic mass is 10.1. The van der Waals surface area contributed by atoms with Gasteiger partial charge in [-0.2, -0.15) is 0 Å². The number of carbonyl (C=O) groups excluding carboxylic acids is 1. The summed E-state index contributed by atoms with van der Waals surface area (Å²) in [6.45, 7) is 1.69. The van der Waals surface area contributed by atoms with Crippen molar-refractivity contribution in [2.45, 2.75) is 30.6 Å². The fourth-order valence-electron chi connectivity index (χ4n) is 3.42. The molecule has 0 amide bonds. The number of hydrogen-bond donors (Lipinski definition) is 0. The summed E-state index contributed by atoms with van der Waals surface area (Å²) in [5.41, 5.74) is 0.602. The minimum Gasteiger partial charge on any atom is -0.454 e. The molecule has 29 heavy (non-hydrogen) atoms. The molecule has 0 bridgehead atoms. The van der Waals surface area contributed by atoms with Crippen molar-refractivity contribution in [2.24, 2.45) is 0 Å². The molecule has 4 heterocycles. The maximum atomic E-state index is 12.7. The fourth-order valence-corrected chi connectivity index (χ4v) is 4.98. The summed E-state index contributed by atoms with van der Waals surface area (Å²) in [4.78, 5) is 13.8. The second-order valence-electron chi connectivity index (χ2n) is 6.81. The topological polar surface area (TPSA) is 75.5 Å². The van der Waals surface area contributed by atoms with Crippen LogP contribution in [-0.2, 0) is 11.3 Å². The van der Waals surface area contributed by atoms with Gasteiger partial charge in [-0.25, -0.2) is 0 Å². The molecule has 2 aliphatic heterocycles. The molecule has 0 N–H and O–H groups in total. The number of benzene rings is 1. The number of carbonyl (C=O) groups is 1. The van der Waals surface area contributed by atoms with Crippen molar-refractivity contribution < 1.29 is 19.0 Å². The van der Waals surface area contributed by atoms with Crippen molar-refractivity contribution in [1.82, 2.24) is 14.8 Å². The van der Waals surface area contributed by atoms with Crippen LogP contribution in [0.2, 0.25) is 0 Å². The number of hydrogen-bond acceptors (Lipinski definition) is 8. The van der Waals surface area contributed by atoms with Crippen LogP contribution in [0.4, 0.5) is 0 Å². The minimum atomic E-state index is 0.0117. The van der Waals surface area contributed by atoms with Crippen LogP contribution in [0.5, 0.6) is 11.5 Å². The Hall–Kier alpha value is -2.36. The van der Waals surface area contributed by atoms with E-state index in [0.29, 0.717) is 23.6 Å². The van der Waals surface area contributed by atoms with Gasteiger partial charge in [-0.3, -0.25) is 9.36 Å². The number of fused-ring (bicyclic) bond motifs is 1. The quantitative estimate of drug-likeness (QED) is 0.417. The normalized spacial score (nSPS) is 17.7. The van der Waals surface area contributed by atoms with Gasteiger partial charge in [0.25, 0.3) is 0 Å². The SMILES string of the molecule is O=C(CSc1nnc(-c2cccs2)n1C[C@H]1CCCO1)c1ccc2c(c1)OCO2. The maximum absolute atomic E-state index is 12.7. The van der Waals surface area contributed by atoms with Crippen LogP contribution in [0.15, 0.2) is 40.9 Å². The zero-order valence-electron chi connectivity index (χ0n) is 15.6.